The Balaban J connectivity index is 1.57. The Hall–Kier alpha value is -3.48. The largest absolute Gasteiger partial charge is 0.497 e. The first-order valence-corrected chi connectivity index (χ1v) is 11.8. The van der Waals surface area contributed by atoms with Crippen LogP contribution in [0.4, 0.5) is 5.69 Å². The summed E-state index contributed by atoms with van der Waals surface area (Å²) in [6.45, 7) is 3.55. The minimum absolute atomic E-state index is 0.145. The van der Waals surface area contributed by atoms with Gasteiger partial charge in [-0.2, -0.15) is 0 Å². The molecule has 3 aromatic carbocycles. The maximum atomic E-state index is 14.4. The third-order valence-corrected chi connectivity index (χ3v) is 7.54. The Labute approximate surface area is 199 Å². The Kier molecular flexibility index (Phi) is 4.83. The normalized spacial score (nSPS) is 26.7. The summed E-state index contributed by atoms with van der Waals surface area (Å²) in [7, 11) is 1.64. The Bertz CT molecular complexity index is 1240. The summed E-state index contributed by atoms with van der Waals surface area (Å²) < 4.78 is 5.36. The van der Waals surface area contributed by atoms with Crippen LogP contribution in [0, 0.1) is 12.8 Å². The molecule has 3 aromatic rings. The van der Waals surface area contributed by atoms with Crippen molar-refractivity contribution in [1.29, 1.82) is 0 Å². The van der Waals surface area contributed by atoms with E-state index in [1.165, 1.54) is 4.90 Å². The van der Waals surface area contributed by atoms with Gasteiger partial charge in [0, 0.05) is 13.1 Å². The number of carbonyl (C=O) groups excluding carboxylic acids is 2. The Morgan fingerprint density at radius 2 is 1.59 bits per heavy atom. The highest BCUT2D eigenvalue weighted by Gasteiger charge is 2.73. The van der Waals surface area contributed by atoms with Gasteiger partial charge in [0.1, 0.15) is 5.75 Å². The number of benzene rings is 3. The van der Waals surface area contributed by atoms with Crippen LogP contribution in [-0.4, -0.2) is 42.0 Å². The molecule has 0 aromatic heterocycles. The number of methoxy groups -OCH3 is 1. The van der Waals surface area contributed by atoms with Gasteiger partial charge in [-0.3, -0.25) is 9.59 Å². The molecule has 3 fully saturated rings. The number of rotatable bonds is 4. The molecule has 0 saturated carbocycles. The lowest BCUT2D eigenvalue weighted by Crippen LogP contribution is -2.52. The predicted octanol–water partition coefficient (Wildman–Crippen LogP) is 4.07. The minimum Gasteiger partial charge on any atom is -0.497 e. The van der Waals surface area contributed by atoms with E-state index >= 15 is 0 Å². The van der Waals surface area contributed by atoms with Gasteiger partial charge in [0.25, 0.3) is 5.91 Å². The van der Waals surface area contributed by atoms with Crippen LogP contribution in [0.3, 0.4) is 0 Å². The highest BCUT2D eigenvalue weighted by atomic mass is 16.5. The van der Waals surface area contributed by atoms with E-state index in [2.05, 4.69) is 10.0 Å². The summed E-state index contributed by atoms with van der Waals surface area (Å²) >= 11 is 0. The summed E-state index contributed by atoms with van der Waals surface area (Å²) in [6, 6.07) is 25.1. The molecular weight excluding hydrogens is 426 g/mol. The molecule has 3 aliphatic rings. The summed E-state index contributed by atoms with van der Waals surface area (Å²) in [5.41, 5.74) is 2.54. The van der Waals surface area contributed by atoms with Crippen LogP contribution in [0.5, 0.6) is 5.75 Å². The van der Waals surface area contributed by atoms with Crippen LogP contribution in [0.25, 0.3) is 0 Å². The minimum atomic E-state index is -1.07. The Morgan fingerprint density at radius 1 is 0.882 bits per heavy atom. The number of hydrogen-bond acceptors (Lipinski definition) is 5. The number of ether oxygens (including phenoxy) is 1. The second-order valence-corrected chi connectivity index (χ2v) is 9.28. The van der Waals surface area contributed by atoms with Gasteiger partial charge in [-0.25, -0.2) is 14.9 Å². The lowest BCUT2D eigenvalue weighted by atomic mass is 9.75. The van der Waals surface area contributed by atoms with Crippen molar-refractivity contribution in [2.75, 3.05) is 25.1 Å². The van der Waals surface area contributed by atoms with Gasteiger partial charge in [0.2, 0.25) is 5.91 Å². The first-order valence-electron chi connectivity index (χ1n) is 11.8. The van der Waals surface area contributed by atoms with E-state index in [4.69, 9.17) is 4.74 Å². The number of amides is 2. The van der Waals surface area contributed by atoms with Crippen LogP contribution < -0.4 is 9.64 Å². The van der Waals surface area contributed by atoms with Crippen molar-refractivity contribution >= 4 is 17.5 Å². The van der Waals surface area contributed by atoms with Gasteiger partial charge in [0.15, 0.2) is 5.54 Å². The molecule has 6 heteroatoms. The SMILES string of the molecule is COc1ccc(C2C3C(=O)N(c4ccc(C)cc4)C(=O)C3(c3ccccc3)N3CCCN23)cc1. The standard InChI is InChI=1S/C28H27N3O3/c1-19-9-13-22(14-10-19)31-26(32)24-25(20-11-15-23(34-2)16-12-20)29-17-6-18-30(29)28(24,27(31)33)21-7-4-3-5-8-21/h3-5,7-16,24-25H,6,17-18H2,1-2H3. The van der Waals surface area contributed by atoms with E-state index < -0.39 is 11.5 Å². The fourth-order valence-corrected chi connectivity index (χ4v) is 6.08. The van der Waals surface area contributed by atoms with Crippen molar-refractivity contribution in [2.24, 2.45) is 5.92 Å². The number of hydrogen-bond donors (Lipinski definition) is 0. The van der Waals surface area contributed by atoms with E-state index in [1.54, 1.807) is 7.11 Å². The number of nitrogens with zero attached hydrogens (tertiary/aromatic N) is 3. The molecule has 3 heterocycles. The van der Waals surface area contributed by atoms with Crippen LogP contribution >= 0.6 is 0 Å². The Morgan fingerprint density at radius 3 is 2.26 bits per heavy atom. The molecule has 6 rings (SSSR count). The van der Waals surface area contributed by atoms with E-state index in [-0.39, 0.29) is 17.9 Å². The van der Waals surface area contributed by atoms with Gasteiger partial charge < -0.3 is 4.74 Å². The number of anilines is 1. The van der Waals surface area contributed by atoms with Gasteiger partial charge in [-0.1, -0.05) is 60.2 Å². The summed E-state index contributed by atoms with van der Waals surface area (Å²) in [5, 5.41) is 4.43. The van der Waals surface area contributed by atoms with Gasteiger partial charge >= 0.3 is 0 Å². The molecule has 6 nitrogen and oxygen atoms in total. The molecular formula is C28H27N3O3. The summed E-state index contributed by atoms with van der Waals surface area (Å²) in [6.07, 6.45) is 0.944. The molecule has 0 spiro atoms. The smallest absolute Gasteiger partial charge is 0.261 e. The van der Waals surface area contributed by atoms with E-state index in [0.29, 0.717) is 5.69 Å². The lowest BCUT2D eigenvalue weighted by molar-refractivity contribution is -0.134. The molecule has 3 unspecified atom stereocenters. The average molecular weight is 454 g/mol. The fourth-order valence-electron chi connectivity index (χ4n) is 6.08. The van der Waals surface area contributed by atoms with Crippen LogP contribution in [-0.2, 0) is 15.1 Å². The number of imide groups is 1. The molecule has 34 heavy (non-hydrogen) atoms. The third-order valence-electron chi connectivity index (χ3n) is 7.54. The average Bonchev–Trinajstić information content (AvgIpc) is 3.51. The van der Waals surface area contributed by atoms with Crippen molar-refractivity contribution in [3.05, 3.63) is 95.6 Å². The highest BCUT2D eigenvalue weighted by molar-refractivity contribution is 6.26. The zero-order valence-corrected chi connectivity index (χ0v) is 19.3. The van der Waals surface area contributed by atoms with Crippen LogP contribution in [0.15, 0.2) is 78.9 Å². The lowest BCUT2D eigenvalue weighted by Gasteiger charge is -2.36. The molecule has 2 amide bonds. The zero-order valence-electron chi connectivity index (χ0n) is 19.3. The van der Waals surface area contributed by atoms with Crippen LogP contribution in [0.2, 0.25) is 0 Å². The second-order valence-electron chi connectivity index (χ2n) is 9.28. The number of carbonyl (C=O) groups is 2. The molecule has 0 aliphatic carbocycles. The summed E-state index contributed by atoms with van der Waals surface area (Å²) in [5.74, 6) is -0.102. The first-order chi connectivity index (χ1) is 16.6. The van der Waals surface area contributed by atoms with Crippen LogP contribution in [0.1, 0.15) is 29.2 Å². The van der Waals surface area contributed by atoms with E-state index in [9.17, 15) is 9.59 Å². The highest BCUT2D eigenvalue weighted by Crippen LogP contribution is 2.59. The molecule has 0 bridgehead atoms. The second kappa shape index (κ2) is 7.79. The van der Waals surface area contributed by atoms with E-state index in [0.717, 1.165) is 42.0 Å². The molecule has 172 valence electrons. The zero-order chi connectivity index (χ0) is 23.4. The molecule has 0 N–H and O–H groups in total. The fraction of sp³-hybridized carbons (Fsp3) is 0.286. The van der Waals surface area contributed by atoms with Crippen molar-refractivity contribution in [3.63, 3.8) is 0 Å². The van der Waals surface area contributed by atoms with E-state index in [1.807, 2.05) is 85.8 Å². The number of hydrazine groups is 1. The monoisotopic (exact) mass is 453 g/mol. The molecule has 3 saturated heterocycles. The number of aryl methyl sites for hydroxylation is 1. The third kappa shape index (κ3) is 2.76. The van der Waals surface area contributed by atoms with Crippen molar-refractivity contribution in [1.82, 2.24) is 10.0 Å². The molecule has 3 atom stereocenters. The van der Waals surface area contributed by atoms with Gasteiger partial charge in [0.05, 0.1) is 24.8 Å². The van der Waals surface area contributed by atoms with Gasteiger partial charge in [-0.15, -0.1) is 0 Å². The van der Waals surface area contributed by atoms with Gasteiger partial charge in [-0.05, 0) is 48.7 Å². The first kappa shape index (κ1) is 21.1. The van der Waals surface area contributed by atoms with Crippen molar-refractivity contribution in [3.8, 4) is 5.75 Å². The maximum absolute atomic E-state index is 14.4. The maximum Gasteiger partial charge on any atom is 0.261 e. The number of fused-ring (bicyclic) bond motifs is 3. The topological polar surface area (TPSA) is 53.1 Å². The van der Waals surface area contributed by atoms with Crippen molar-refractivity contribution < 1.29 is 14.3 Å². The van der Waals surface area contributed by atoms with Crippen molar-refractivity contribution in [2.45, 2.75) is 24.9 Å². The summed E-state index contributed by atoms with van der Waals surface area (Å²) in [4.78, 5) is 30.1. The predicted molar refractivity (Wildman–Crippen MR) is 129 cm³/mol. The molecule has 0 radical (unpaired) electrons. The molecule has 3 aliphatic heterocycles. The quantitative estimate of drug-likeness (QED) is 0.558.